The van der Waals surface area contributed by atoms with Crippen molar-refractivity contribution < 1.29 is 4.74 Å². The first-order valence-electron chi connectivity index (χ1n) is 11.1. The van der Waals surface area contributed by atoms with E-state index >= 15 is 0 Å². The van der Waals surface area contributed by atoms with Crippen LogP contribution in [-0.4, -0.2) is 54.2 Å². The Morgan fingerprint density at radius 1 is 1.10 bits per heavy atom. The van der Waals surface area contributed by atoms with Crippen molar-refractivity contribution in [3.63, 3.8) is 0 Å². The molecular weight excluding hydrogens is 392 g/mol. The van der Waals surface area contributed by atoms with Gasteiger partial charge >= 0.3 is 0 Å². The highest BCUT2D eigenvalue weighted by molar-refractivity contribution is 7.19. The lowest BCUT2D eigenvalue weighted by atomic mass is 9.88. The number of benzene rings is 1. The maximum absolute atomic E-state index is 5.92. The molecule has 1 aliphatic carbocycles. The zero-order valence-corrected chi connectivity index (χ0v) is 18.7. The Bertz CT molecular complexity index is 1010. The molecule has 1 atom stereocenters. The van der Waals surface area contributed by atoms with Crippen molar-refractivity contribution in [1.29, 1.82) is 0 Å². The summed E-state index contributed by atoms with van der Waals surface area (Å²) in [5, 5.41) is 1.33. The van der Waals surface area contributed by atoms with Gasteiger partial charge in [-0.25, -0.2) is 9.97 Å². The van der Waals surface area contributed by atoms with Gasteiger partial charge in [-0.3, -0.25) is 4.90 Å². The van der Waals surface area contributed by atoms with Gasteiger partial charge in [0.15, 0.2) is 0 Å². The lowest BCUT2D eigenvalue weighted by molar-refractivity contribution is 0.200. The van der Waals surface area contributed by atoms with Crippen LogP contribution in [-0.2, 0) is 12.8 Å². The molecule has 2 aliphatic rings. The average molecular weight is 423 g/mol. The van der Waals surface area contributed by atoms with Gasteiger partial charge in [0, 0.05) is 37.6 Å². The largest absolute Gasteiger partial charge is 0.492 e. The third-order valence-corrected chi connectivity index (χ3v) is 7.64. The van der Waals surface area contributed by atoms with Crippen LogP contribution in [0.2, 0.25) is 0 Å². The Morgan fingerprint density at radius 3 is 2.70 bits per heavy atom. The molecule has 0 saturated carbocycles. The molecule has 158 valence electrons. The molecule has 1 aromatic carbocycles. The Balaban J connectivity index is 1.22. The number of aromatic nitrogens is 2. The van der Waals surface area contributed by atoms with Gasteiger partial charge in [0.25, 0.3) is 0 Å². The second-order valence-corrected chi connectivity index (χ2v) is 9.80. The zero-order valence-electron chi connectivity index (χ0n) is 17.9. The van der Waals surface area contributed by atoms with E-state index in [0.29, 0.717) is 0 Å². The van der Waals surface area contributed by atoms with Crippen LogP contribution in [0.3, 0.4) is 0 Å². The Kier molecular flexibility index (Phi) is 5.61. The fourth-order valence-electron chi connectivity index (χ4n) is 4.62. The van der Waals surface area contributed by atoms with Crippen LogP contribution in [0, 0.1) is 12.8 Å². The summed E-state index contributed by atoms with van der Waals surface area (Å²) in [4.78, 5) is 17.0. The van der Waals surface area contributed by atoms with Gasteiger partial charge in [0.2, 0.25) is 0 Å². The molecular formula is C24H30N4OS. The molecule has 0 N–H and O–H groups in total. The summed E-state index contributed by atoms with van der Waals surface area (Å²) in [6.45, 7) is 10.3. The summed E-state index contributed by atoms with van der Waals surface area (Å²) in [6, 6.07) is 8.30. The van der Waals surface area contributed by atoms with Crippen molar-refractivity contribution in [1.82, 2.24) is 14.9 Å². The molecule has 30 heavy (non-hydrogen) atoms. The molecule has 5 nitrogen and oxygen atoms in total. The summed E-state index contributed by atoms with van der Waals surface area (Å²) < 4.78 is 5.92. The number of hydrogen-bond acceptors (Lipinski definition) is 6. The number of thiophene rings is 1. The SMILES string of the molecule is Cc1ccc(OCCN2CCN(c3ncnc4sc5c(c34)CC(C)CC5)CC2)cc1. The molecule has 1 saturated heterocycles. The fraction of sp³-hybridized carbons (Fsp3) is 0.500. The highest BCUT2D eigenvalue weighted by Crippen LogP contribution is 2.40. The summed E-state index contributed by atoms with van der Waals surface area (Å²) >= 11 is 1.89. The van der Waals surface area contributed by atoms with Crippen LogP contribution in [0.1, 0.15) is 29.3 Å². The highest BCUT2D eigenvalue weighted by atomic mass is 32.1. The molecule has 0 amide bonds. The van der Waals surface area contributed by atoms with E-state index in [1.165, 1.54) is 45.5 Å². The molecule has 0 bridgehead atoms. The van der Waals surface area contributed by atoms with Gasteiger partial charge < -0.3 is 9.64 Å². The second-order valence-electron chi connectivity index (χ2n) is 8.72. The Labute approximate surface area is 182 Å². The number of rotatable bonds is 5. The van der Waals surface area contributed by atoms with Crippen molar-refractivity contribution in [2.45, 2.75) is 33.1 Å². The van der Waals surface area contributed by atoms with Gasteiger partial charge in [-0.1, -0.05) is 24.6 Å². The van der Waals surface area contributed by atoms with Crippen LogP contribution in [0.15, 0.2) is 30.6 Å². The molecule has 1 unspecified atom stereocenters. The number of anilines is 1. The second kappa shape index (κ2) is 8.52. The van der Waals surface area contributed by atoms with E-state index < -0.39 is 0 Å². The van der Waals surface area contributed by atoms with Gasteiger partial charge in [0.05, 0.1) is 5.39 Å². The Hall–Kier alpha value is -2.18. The molecule has 2 aromatic heterocycles. The standard InChI is InChI=1S/C24H30N4OS/c1-17-3-6-19(7-4-17)29-14-13-27-9-11-28(12-10-27)23-22-20-15-18(2)5-8-21(20)30-24(22)26-16-25-23/h3-4,6-7,16,18H,5,8-15H2,1-2H3. The van der Waals surface area contributed by atoms with E-state index in [0.717, 1.165) is 56.8 Å². The van der Waals surface area contributed by atoms with Crippen molar-refractivity contribution >= 4 is 27.4 Å². The lowest BCUT2D eigenvalue weighted by Crippen LogP contribution is -2.47. The third-order valence-electron chi connectivity index (χ3n) is 6.44. The maximum Gasteiger partial charge on any atom is 0.141 e. The first kappa shape index (κ1) is 19.8. The minimum absolute atomic E-state index is 0.733. The first-order valence-corrected chi connectivity index (χ1v) is 11.9. The third kappa shape index (κ3) is 4.03. The number of piperazine rings is 1. The van der Waals surface area contributed by atoms with Crippen LogP contribution < -0.4 is 9.64 Å². The van der Waals surface area contributed by atoms with Gasteiger partial charge in [-0.2, -0.15) is 0 Å². The highest BCUT2D eigenvalue weighted by Gasteiger charge is 2.26. The van der Waals surface area contributed by atoms with Crippen LogP contribution >= 0.6 is 11.3 Å². The number of hydrogen-bond donors (Lipinski definition) is 0. The monoisotopic (exact) mass is 422 g/mol. The molecule has 0 radical (unpaired) electrons. The summed E-state index contributed by atoms with van der Waals surface area (Å²) in [6.07, 6.45) is 5.43. The quantitative estimate of drug-likeness (QED) is 0.612. The van der Waals surface area contributed by atoms with E-state index in [4.69, 9.17) is 9.72 Å². The number of fused-ring (bicyclic) bond motifs is 3. The van der Waals surface area contributed by atoms with E-state index in [9.17, 15) is 0 Å². The molecule has 1 fully saturated rings. The van der Waals surface area contributed by atoms with Crippen LogP contribution in [0.5, 0.6) is 5.75 Å². The minimum atomic E-state index is 0.733. The minimum Gasteiger partial charge on any atom is -0.492 e. The van der Waals surface area contributed by atoms with Gasteiger partial charge in [-0.05, 0) is 49.8 Å². The maximum atomic E-state index is 5.92. The van der Waals surface area contributed by atoms with E-state index in [2.05, 4.69) is 52.9 Å². The topological polar surface area (TPSA) is 41.5 Å². The normalized spacial score (nSPS) is 19.8. The molecule has 3 heterocycles. The van der Waals surface area contributed by atoms with E-state index in [1.807, 2.05) is 11.3 Å². The predicted octanol–water partition coefficient (Wildman–Crippen LogP) is 4.33. The summed E-state index contributed by atoms with van der Waals surface area (Å²) in [7, 11) is 0. The van der Waals surface area contributed by atoms with Crippen molar-refractivity contribution in [3.8, 4) is 5.75 Å². The van der Waals surface area contributed by atoms with Gasteiger partial charge in [0.1, 0.15) is 29.3 Å². The number of ether oxygens (including phenoxy) is 1. The van der Waals surface area contributed by atoms with Gasteiger partial charge in [-0.15, -0.1) is 11.3 Å². The van der Waals surface area contributed by atoms with Crippen molar-refractivity contribution in [3.05, 3.63) is 46.6 Å². The number of aryl methyl sites for hydroxylation is 2. The smallest absolute Gasteiger partial charge is 0.141 e. The summed E-state index contributed by atoms with van der Waals surface area (Å²) in [5.74, 6) is 2.87. The van der Waals surface area contributed by atoms with Crippen LogP contribution in [0.25, 0.3) is 10.2 Å². The van der Waals surface area contributed by atoms with Crippen LogP contribution in [0.4, 0.5) is 5.82 Å². The first-order chi connectivity index (χ1) is 14.7. The van der Waals surface area contributed by atoms with E-state index in [1.54, 1.807) is 6.33 Å². The fourth-order valence-corrected chi connectivity index (χ4v) is 5.79. The Morgan fingerprint density at radius 2 is 1.90 bits per heavy atom. The molecule has 1 aliphatic heterocycles. The van der Waals surface area contributed by atoms with Crippen molar-refractivity contribution in [2.24, 2.45) is 5.92 Å². The summed E-state index contributed by atoms with van der Waals surface area (Å²) in [5.41, 5.74) is 2.79. The lowest BCUT2D eigenvalue weighted by Gasteiger charge is -2.35. The number of nitrogens with zero attached hydrogens (tertiary/aromatic N) is 4. The molecule has 5 rings (SSSR count). The molecule has 0 spiro atoms. The molecule has 3 aromatic rings. The van der Waals surface area contributed by atoms with Crippen molar-refractivity contribution in [2.75, 3.05) is 44.2 Å². The average Bonchev–Trinajstić information content (AvgIpc) is 3.14. The zero-order chi connectivity index (χ0) is 20.5. The predicted molar refractivity (Wildman–Crippen MR) is 124 cm³/mol. The molecule has 6 heteroatoms. The van der Waals surface area contributed by atoms with E-state index in [-0.39, 0.29) is 0 Å².